The van der Waals surface area contributed by atoms with Crippen molar-refractivity contribution in [3.63, 3.8) is 0 Å². The summed E-state index contributed by atoms with van der Waals surface area (Å²) in [6.45, 7) is 6.00. The summed E-state index contributed by atoms with van der Waals surface area (Å²) in [5.41, 5.74) is 4.75. The summed E-state index contributed by atoms with van der Waals surface area (Å²) >= 11 is 0. The van der Waals surface area contributed by atoms with Crippen molar-refractivity contribution in [2.24, 2.45) is 0 Å². The second kappa shape index (κ2) is 7.91. The van der Waals surface area contributed by atoms with Gasteiger partial charge in [0.15, 0.2) is 0 Å². The molecule has 1 heterocycles. The molecule has 0 atom stereocenters. The van der Waals surface area contributed by atoms with E-state index < -0.39 is 11.6 Å². The van der Waals surface area contributed by atoms with Crippen LogP contribution in [-0.2, 0) is 17.6 Å². The molecule has 3 aromatic carbocycles. The highest BCUT2D eigenvalue weighted by atomic mass is 16.5. The molecule has 5 nitrogen and oxygen atoms in total. The molecule has 0 aliphatic carbocycles. The molecule has 0 unspecified atom stereocenters. The van der Waals surface area contributed by atoms with E-state index >= 15 is 0 Å². The number of hydrogen-bond acceptors (Lipinski definition) is 3. The van der Waals surface area contributed by atoms with Gasteiger partial charge >= 0.3 is 5.97 Å². The number of aryl methyl sites for hydroxylation is 1. The lowest BCUT2D eigenvalue weighted by Crippen LogP contribution is -2.25. The first kappa shape index (κ1) is 20.7. The number of carbonyl (C=O) groups is 2. The average molecular weight is 415 g/mol. The number of anilines is 1. The highest BCUT2D eigenvalue weighted by Gasteiger charge is 2.33. The number of rotatable bonds is 5. The fraction of sp³-hybridized carbons (Fsp3) is 0.231. The second-order valence-corrected chi connectivity index (χ2v) is 8.61. The van der Waals surface area contributed by atoms with Crippen LogP contribution in [0.15, 0.2) is 60.7 Å². The van der Waals surface area contributed by atoms with Gasteiger partial charge in [0.05, 0.1) is 17.7 Å². The van der Waals surface area contributed by atoms with Crippen molar-refractivity contribution in [2.75, 3.05) is 5.32 Å². The Balaban J connectivity index is 1.71. The molecule has 4 rings (SSSR count). The third kappa shape index (κ3) is 4.45. The molecule has 0 spiro atoms. The minimum absolute atomic E-state index is 0.150. The van der Waals surface area contributed by atoms with Crippen LogP contribution in [0.4, 0.5) is 5.69 Å². The fourth-order valence-electron chi connectivity index (χ4n) is 3.97. The number of hydrogen-bond donors (Lipinski definition) is 2. The van der Waals surface area contributed by atoms with Gasteiger partial charge in [-0.25, -0.2) is 4.79 Å². The van der Waals surface area contributed by atoms with Crippen molar-refractivity contribution in [3.05, 3.63) is 82.9 Å². The Morgan fingerprint density at radius 3 is 2.48 bits per heavy atom. The Bertz CT molecular complexity index is 1160. The van der Waals surface area contributed by atoms with Crippen LogP contribution in [0.3, 0.4) is 0 Å². The van der Waals surface area contributed by atoms with Crippen molar-refractivity contribution in [1.29, 1.82) is 0 Å². The summed E-state index contributed by atoms with van der Waals surface area (Å²) in [5, 5.41) is 12.6. The normalized spacial score (nSPS) is 13.9. The third-order valence-electron chi connectivity index (χ3n) is 5.39. The van der Waals surface area contributed by atoms with Crippen molar-refractivity contribution in [2.45, 2.75) is 39.2 Å². The van der Waals surface area contributed by atoms with E-state index in [1.165, 1.54) is 0 Å². The van der Waals surface area contributed by atoms with E-state index in [9.17, 15) is 14.7 Å². The molecule has 0 fully saturated rings. The van der Waals surface area contributed by atoms with Gasteiger partial charge in [-0.1, -0.05) is 48.0 Å². The van der Waals surface area contributed by atoms with Crippen LogP contribution < -0.4 is 10.1 Å². The predicted molar refractivity (Wildman–Crippen MR) is 121 cm³/mol. The van der Waals surface area contributed by atoms with E-state index in [1.54, 1.807) is 24.3 Å². The Morgan fingerprint density at radius 2 is 1.77 bits per heavy atom. The van der Waals surface area contributed by atoms with Crippen LogP contribution in [0.5, 0.6) is 5.75 Å². The summed E-state index contributed by atoms with van der Waals surface area (Å²) < 4.78 is 6.13. The van der Waals surface area contributed by atoms with E-state index in [0.717, 1.165) is 22.3 Å². The van der Waals surface area contributed by atoms with E-state index in [0.29, 0.717) is 23.4 Å². The molecule has 158 valence electrons. The maximum Gasteiger partial charge on any atom is 0.336 e. The van der Waals surface area contributed by atoms with Crippen LogP contribution in [0.1, 0.15) is 40.9 Å². The van der Waals surface area contributed by atoms with Crippen molar-refractivity contribution >= 4 is 17.6 Å². The van der Waals surface area contributed by atoms with Crippen LogP contribution in [0.25, 0.3) is 11.1 Å². The lowest BCUT2D eigenvalue weighted by Gasteiger charge is -2.19. The molecular weight excluding hydrogens is 390 g/mol. The fourth-order valence-corrected chi connectivity index (χ4v) is 3.97. The maximum absolute atomic E-state index is 12.8. The van der Waals surface area contributed by atoms with Gasteiger partial charge in [0.2, 0.25) is 5.91 Å². The zero-order chi connectivity index (χ0) is 22.2. The third-order valence-corrected chi connectivity index (χ3v) is 5.39. The highest BCUT2D eigenvalue weighted by molar-refractivity contribution is 5.98. The molecule has 0 saturated carbocycles. The highest BCUT2D eigenvalue weighted by Crippen LogP contribution is 2.44. The molecule has 0 aromatic heterocycles. The Labute approximate surface area is 181 Å². The first-order valence-corrected chi connectivity index (χ1v) is 10.3. The predicted octanol–water partition coefficient (Wildman–Crippen LogP) is 5.25. The van der Waals surface area contributed by atoms with Crippen LogP contribution in [0, 0.1) is 6.92 Å². The molecule has 0 radical (unpaired) electrons. The summed E-state index contributed by atoms with van der Waals surface area (Å²) in [4.78, 5) is 24.5. The topological polar surface area (TPSA) is 75.6 Å². The summed E-state index contributed by atoms with van der Waals surface area (Å²) in [6.07, 6.45) is 0.917. The van der Waals surface area contributed by atoms with Crippen LogP contribution >= 0.6 is 0 Å². The number of nitrogens with one attached hydrogen (secondary N) is 1. The van der Waals surface area contributed by atoms with Gasteiger partial charge in [-0.2, -0.15) is 0 Å². The quantitative estimate of drug-likeness (QED) is 0.596. The summed E-state index contributed by atoms with van der Waals surface area (Å²) in [6, 6.07) is 18.5. The van der Waals surface area contributed by atoms with Crippen molar-refractivity contribution in [3.8, 4) is 16.9 Å². The number of fused-ring (bicyclic) bond motifs is 1. The lowest BCUT2D eigenvalue weighted by atomic mass is 9.94. The van der Waals surface area contributed by atoms with Gasteiger partial charge in [0, 0.05) is 12.0 Å². The Kier molecular flexibility index (Phi) is 5.27. The van der Waals surface area contributed by atoms with Crippen LogP contribution in [0.2, 0.25) is 0 Å². The van der Waals surface area contributed by atoms with Gasteiger partial charge in [0.25, 0.3) is 0 Å². The molecule has 1 amide bonds. The summed E-state index contributed by atoms with van der Waals surface area (Å²) in [5.74, 6) is -0.487. The molecule has 1 aliphatic heterocycles. The zero-order valence-corrected chi connectivity index (χ0v) is 17.9. The maximum atomic E-state index is 12.8. The number of carboxylic acids is 1. The molecule has 2 N–H and O–H groups in total. The van der Waals surface area contributed by atoms with E-state index in [4.69, 9.17) is 4.74 Å². The Hall–Kier alpha value is -3.60. The van der Waals surface area contributed by atoms with Gasteiger partial charge < -0.3 is 15.2 Å². The summed E-state index contributed by atoms with van der Waals surface area (Å²) in [7, 11) is 0. The monoisotopic (exact) mass is 415 g/mol. The smallest absolute Gasteiger partial charge is 0.336 e. The van der Waals surface area contributed by atoms with Crippen molar-refractivity contribution in [1.82, 2.24) is 0 Å². The van der Waals surface area contributed by atoms with Crippen molar-refractivity contribution < 1.29 is 19.4 Å². The van der Waals surface area contributed by atoms with Gasteiger partial charge in [-0.3, -0.25) is 4.79 Å². The Morgan fingerprint density at radius 1 is 1.06 bits per heavy atom. The molecule has 0 bridgehead atoms. The average Bonchev–Trinajstić information content (AvgIpc) is 3.04. The largest absolute Gasteiger partial charge is 0.485 e. The van der Waals surface area contributed by atoms with E-state index in [-0.39, 0.29) is 17.9 Å². The number of ether oxygens (including phenoxy) is 1. The van der Waals surface area contributed by atoms with Crippen LogP contribution in [-0.4, -0.2) is 22.6 Å². The number of benzene rings is 3. The molecule has 3 aromatic rings. The molecule has 5 heteroatoms. The molecule has 31 heavy (non-hydrogen) atoms. The first-order chi connectivity index (χ1) is 14.7. The van der Waals surface area contributed by atoms with Gasteiger partial charge in [-0.15, -0.1) is 0 Å². The number of amides is 1. The van der Waals surface area contributed by atoms with Gasteiger partial charge in [0.1, 0.15) is 11.4 Å². The standard InChI is InChI=1S/C26H25NO4/c1-16-8-10-17(11-9-16)12-23(28)27-22-14-18(13-19-15-26(2,3)31-24(19)22)20-6-4-5-7-21(20)25(29)30/h4-11,13-14H,12,15H2,1-3H3,(H,27,28)(H,29,30). The SMILES string of the molecule is Cc1ccc(CC(=O)Nc2cc(-c3ccccc3C(=O)O)cc3c2OC(C)(C)C3)cc1. The lowest BCUT2D eigenvalue weighted by molar-refractivity contribution is -0.115. The molecule has 1 aliphatic rings. The second-order valence-electron chi connectivity index (χ2n) is 8.61. The molecular formula is C26H25NO4. The van der Waals surface area contributed by atoms with E-state index in [2.05, 4.69) is 5.32 Å². The molecule has 0 saturated heterocycles. The number of aromatic carboxylic acids is 1. The number of carboxylic acid groups (broad SMARTS) is 1. The number of carbonyl (C=O) groups excluding carboxylic acids is 1. The first-order valence-electron chi connectivity index (χ1n) is 10.3. The van der Waals surface area contributed by atoms with E-state index in [1.807, 2.05) is 57.2 Å². The minimum atomic E-state index is -0.988. The zero-order valence-electron chi connectivity index (χ0n) is 17.9. The minimum Gasteiger partial charge on any atom is -0.485 e. The van der Waals surface area contributed by atoms with Gasteiger partial charge in [-0.05, 0) is 55.7 Å².